The predicted octanol–water partition coefficient (Wildman–Crippen LogP) is 3.66. The summed E-state index contributed by atoms with van der Waals surface area (Å²) in [5.74, 6) is 0.744. The Bertz CT molecular complexity index is 915. The molecular formula is C17H14F2N4O. The molecule has 0 atom stereocenters. The fraction of sp³-hybridized carbons (Fsp3) is 0.176. The first kappa shape index (κ1) is 15.7. The number of hydrogen-bond acceptors (Lipinski definition) is 4. The average Bonchev–Trinajstić information content (AvgIpc) is 2.88. The van der Waals surface area contributed by atoms with E-state index in [1.54, 1.807) is 30.3 Å². The second kappa shape index (κ2) is 6.54. The number of aromatic nitrogens is 2. The molecule has 0 saturated carbocycles. The molecule has 0 aliphatic rings. The van der Waals surface area contributed by atoms with Crippen LogP contribution in [0.1, 0.15) is 11.1 Å². The first-order valence-corrected chi connectivity index (χ1v) is 7.21. The predicted molar refractivity (Wildman–Crippen MR) is 85.8 cm³/mol. The fourth-order valence-corrected chi connectivity index (χ4v) is 2.43. The van der Waals surface area contributed by atoms with Gasteiger partial charge in [-0.25, -0.2) is 4.98 Å². The van der Waals surface area contributed by atoms with Crippen molar-refractivity contribution in [2.75, 3.05) is 5.32 Å². The van der Waals surface area contributed by atoms with Crippen LogP contribution in [0.4, 0.5) is 14.7 Å². The maximum absolute atomic E-state index is 12.3. The third-order valence-electron chi connectivity index (χ3n) is 3.58. The van der Waals surface area contributed by atoms with Gasteiger partial charge < -0.3 is 14.6 Å². The van der Waals surface area contributed by atoms with E-state index in [0.717, 1.165) is 16.6 Å². The van der Waals surface area contributed by atoms with Crippen molar-refractivity contribution in [3.05, 3.63) is 53.6 Å². The van der Waals surface area contributed by atoms with Crippen molar-refractivity contribution in [1.82, 2.24) is 9.55 Å². The van der Waals surface area contributed by atoms with Crippen LogP contribution in [0, 0.1) is 11.3 Å². The van der Waals surface area contributed by atoms with Crippen LogP contribution in [0.5, 0.6) is 5.75 Å². The maximum atomic E-state index is 12.3. The Morgan fingerprint density at radius 3 is 2.88 bits per heavy atom. The van der Waals surface area contributed by atoms with Crippen molar-refractivity contribution < 1.29 is 13.5 Å². The molecule has 122 valence electrons. The van der Waals surface area contributed by atoms with Crippen LogP contribution in [-0.2, 0) is 13.6 Å². The topological polar surface area (TPSA) is 62.9 Å². The monoisotopic (exact) mass is 328 g/mol. The van der Waals surface area contributed by atoms with Gasteiger partial charge in [0.2, 0.25) is 5.95 Å². The van der Waals surface area contributed by atoms with Crippen LogP contribution >= 0.6 is 0 Å². The van der Waals surface area contributed by atoms with E-state index in [2.05, 4.69) is 21.1 Å². The average molecular weight is 328 g/mol. The second-order valence-corrected chi connectivity index (χ2v) is 5.19. The highest BCUT2D eigenvalue weighted by Gasteiger charge is 2.09. The van der Waals surface area contributed by atoms with E-state index in [4.69, 9.17) is 5.26 Å². The van der Waals surface area contributed by atoms with Crippen molar-refractivity contribution in [3.63, 3.8) is 0 Å². The van der Waals surface area contributed by atoms with E-state index in [1.165, 1.54) is 6.07 Å². The zero-order chi connectivity index (χ0) is 17.1. The highest BCUT2D eigenvalue weighted by molar-refractivity contribution is 5.80. The number of hydrogen-bond donors (Lipinski definition) is 1. The van der Waals surface area contributed by atoms with E-state index in [1.807, 2.05) is 17.7 Å². The van der Waals surface area contributed by atoms with Crippen molar-refractivity contribution in [2.45, 2.75) is 13.2 Å². The van der Waals surface area contributed by atoms with Crippen LogP contribution in [-0.4, -0.2) is 16.2 Å². The van der Waals surface area contributed by atoms with Gasteiger partial charge in [-0.15, -0.1) is 0 Å². The summed E-state index contributed by atoms with van der Waals surface area (Å²) in [6, 6.07) is 13.9. The molecule has 24 heavy (non-hydrogen) atoms. The summed E-state index contributed by atoms with van der Waals surface area (Å²) in [4.78, 5) is 4.46. The van der Waals surface area contributed by atoms with Crippen molar-refractivity contribution in [3.8, 4) is 11.8 Å². The lowest BCUT2D eigenvalue weighted by Gasteiger charge is -2.09. The molecule has 0 amide bonds. The van der Waals surface area contributed by atoms with E-state index in [-0.39, 0.29) is 5.75 Å². The van der Waals surface area contributed by atoms with Gasteiger partial charge in [0.25, 0.3) is 0 Å². The smallest absolute Gasteiger partial charge is 0.387 e. The molecular weight excluding hydrogens is 314 g/mol. The van der Waals surface area contributed by atoms with E-state index in [0.29, 0.717) is 18.1 Å². The molecule has 3 aromatic rings. The van der Waals surface area contributed by atoms with Crippen LogP contribution in [0.25, 0.3) is 11.0 Å². The van der Waals surface area contributed by atoms with Crippen molar-refractivity contribution >= 4 is 17.0 Å². The minimum Gasteiger partial charge on any atom is -0.435 e. The summed E-state index contributed by atoms with van der Waals surface area (Å²) in [6.07, 6.45) is 0. The number of benzene rings is 2. The lowest BCUT2D eigenvalue weighted by Crippen LogP contribution is -2.06. The fourth-order valence-electron chi connectivity index (χ4n) is 2.43. The van der Waals surface area contributed by atoms with Gasteiger partial charge >= 0.3 is 6.61 Å². The Balaban J connectivity index is 1.78. The number of ether oxygens (including phenoxy) is 1. The molecule has 0 spiro atoms. The van der Waals surface area contributed by atoms with Gasteiger partial charge in [-0.3, -0.25) is 0 Å². The molecule has 0 bridgehead atoms. The molecule has 1 heterocycles. The normalized spacial score (nSPS) is 10.8. The van der Waals surface area contributed by atoms with Gasteiger partial charge in [-0.1, -0.05) is 12.1 Å². The summed E-state index contributed by atoms with van der Waals surface area (Å²) >= 11 is 0. The van der Waals surface area contributed by atoms with Crippen molar-refractivity contribution in [2.24, 2.45) is 7.05 Å². The summed E-state index contributed by atoms with van der Waals surface area (Å²) < 4.78 is 30.8. The number of halogens is 2. The molecule has 5 nitrogen and oxygen atoms in total. The molecule has 3 rings (SSSR count). The first-order valence-electron chi connectivity index (χ1n) is 7.21. The molecule has 7 heteroatoms. The lowest BCUT2D eigenvalue weighted by atomic mass is 10.2. The van der Waals surface area contributed by atoms with E-state index >= 15 is 0 Å². The van der Waals surface area contributed by atoms with Gasteiger partial charge in [0, 0.05) is 13.6 Å². The molecule has 2 aromatic carbocycles. The van der Waals surface area contributed by atoms with Crippen LogP contribution in [0.3, 0.4) is 0 Å². The summed E-state index contributed by atoms with van der Waals surface area (Å²) in [5, 5.41) is 12.1. The Labute approximate surface area is 137 Å². The van der Waals surface area contributed by atoms with Gasteiger partial charge in [0.1, 0.15) is 5.75 Å². The maximum Gasteiger partial charge on any atom is 0.387 e. The first-order chi connectivity index (χ1) is 11.6. The highest BCUT2D eigenvalue weighted by Crippen LogP contribution is 2.21. The number of imidazole rings is 1. The standard InChI is InChI=1S/C17H14F2N4O/c1-23-15-8-11(9-20)5-6-14(15)22-17(23)21-10-12-3-2-4-13(7-12)24-16(18)19/h2-8,16H,10H2,1H3,(H,21,22). The van der Waals surface area contributed by atoms with E-state index in [9.17, 15) is 8.78 Å². The number of rotatable bonds is 5. The highest BCUT2D eigenvalue weighted by atomic mass is 19.3. The Hall–Kier alpha value is -3.14. The van der Waals surface area contributed by atoms with Gasteiger partial charge in [-0.05, 0) is 35.9 Å². The summed E-state index contributed by atoms with van der Waals surface area (Å²) in [7, 11) is 1.84. The van der Waals surface area contributed by atoms with Gasteiger partial charge in [0.05, 0.1) is 22.7 Å². The van der Waals surface area contributed by atoms with Gasteiger partial charge in [0.15, 0.2) is 0 Å². The molecule has 1 N–H and O–H groups in total. The molecule has 0 aliphatic carbocycles. The molecule has 0 saturated heterocycles. The third kappa shape index (κ3) is 3.27. The number of nitrogens with zero attached hydrogens (tertiary/aromatic N) is 3. The number of anilines is 1. The number of alkyl halides is 2. The summed E-state index contributed by atoms with van der Waals surface area (Å²) in [6.45, 7) is -2.44. The van der Waals surface area contributed by atoms with Crippen LogP contribution in [0.15, 0.2) is 42.5 Å². The lowest BCUT2D eigenvalue weighted by molar-refractivity contribution is -0.0498. The third-order valence-corrected chi connectivity index (χ3v) is 3.58. The van der Waals surface area contributed by atoms with Gasteiger partial charge in [-0.2, -0.15) is 14.0 Å². The quantitative estimate of drug-likeness (QED) is 0.776. The minimum absolute atomic E-state index is 0.118. The van der Waals surface area contributed by atoms with Crippen LogP contribution in [0.2, 0.25) is 0 Å². The molecule has 0 fully saturated rings. The molecule has 0 radical (unpaired) electrons. The van der Waals surface area contributed by atoms with Crippen LogP contribution < -0.4 is 10.1 Å². The second-order valence-electron chi connectivity index (χ2n) is 5.19. The summed E-state index contributed by atoms with van der Waals surface area (Å²) in [5.41, 5.74) is 2.96. The number of nitrogens with one attached hydrogen (secondary N) is 1. The zero-order valence-corrected chi connectivity index (χ0v) is 12.8. The number of aryl methyl sites for hydroxylation is 1. The zero-order valence-electron chi connectivity index (χ0n) is 12.8. The number of fused-ring (bicyclic) bond motifs is 1. The molecule has 0 aliphatic heterocycles. The Morgan fingerprint density at radius 1 is 1.29 bits per heavy atom. The molecule has 1 aromatic heterocycles. The number of nitriles is 1. The Morgan fingerprint density at radius 2 is 2.12 bits per heavy atom. The Kier molecular flexibility index (Phi) is 4.29. The van der Waals surface area contributed by atoms with Crippen molar-refractivity contribution in [1.29, 1.82) is 5.26 Å². The minimum atomic E-state index is -2.85. The largest absolute Gasteiger partial charge is 0.435 e. The van der Waals surface area contributed by atoms with E-state index < -0.39 is 6.61 Å². The SMILES string of the molecule is Cn1c(NCc2cccc(OC(F)F)c2)nc2ccc(C#N)cc21. The molecule has 0 unspecified atom stereocenters.